The first-order valence-corrected chi connectivity index (χ1v) is 11.6. The van der Waals surface area contributed by atoms with Gasteiger partial charge in [-0.2, -0.15) is 0 Å². The Morgan fingerprint density at radius 1 is 1.17 bits per heavy atom. The van der Waals surface area contributed by atoms with Crippen molar-refractivity contribution in [2.75, 3.05) is 25.0 Å². The second kappa shape index (κ2) is 11.2. The molecule has 0 radical (unpaired) electrons. The van der Waals surface area contributed by atoms with Crippen molar-refractivity contribution in [1.29, 1.82) is 0 Å². The molecular weight excluding hydrogens is 470 g/mol. The minimum atomic E-state index is -1.07. The molecule has 1 atom stereocenters. The molecule has 0 aliphatic carbocycles. The van der Waals surface area contributed by atoms with Crippen LogP contribution in [0.5, 0.6) is 0 Å². The Hall–Kier alpha value is -3.59. The summed E-state index contributed by atoms with van der Waals surface area (Å²) in [6, 6.07) is 11.3. The maximum absolute atomic E-state index is 12.6. The predicted molar refractivity (Wildman–Crippen MR) is 136 cm³/mol. The van der Waals surface area contributed by atoms with Gasteiger partial charge >= 0.3 is 5.97 Å². The van der Waals surface area contributed by atoms with Crippen LogP contribution >= 0.6 is 11.6 Å². The number of benzene rings is 2. The normalized spacial score (nSPS) is 13.9. The van der Waals surface area contributed by atoms with E-state index in [1.165, 1.54) is 0 Å². The van der Waals surface area contributed by atoms with Gasteiger partial charge in [0.05, 0.1) is 25.6 Å². The highest BCUT2D eigenvalue weighted by Gasteiger charge is 2.22. The number of carboxylic acids is 1. The zero-order chi connectivity index (χ0) is 25.6. The largest absolute Gasteiger partial charge is 0.481 e. The Bertz CT molecular complexity index is 1140. The van der Waals surface area contributed by atoms with Crippen LogP contribution in [0.2, 0.25) is 5.02 Å². The summed E-state index contributed by atoms with van der Waals surface area (Å²) >= 11 is 6.28. The summed E-state index contributed by atoms with van der Waals surface area (Å²) in [5.41, 5.74) is 2.35. The standard InChI is InChI=1S/C25H30ClN5O4/c1-25(2,3)17-9-16(10-18(26)12-17)20(13-22(33)34)31-21(32)14-29-23(35)15-5-4-6-19(11-15)30-24-27-7-8-28-24/h4-6,9-12,20H,7-8,13-14H2,1-3H3,(H,29,35)(H,31,32)(H,33,34)(H2,27,28,30). The van der Waals surface area contributed by atoms with Crippen molar-refractivity contribution in [3.05, 3.63) is 64.2 Å². The maximum Gasteiger partial charge on any atom is 0.305 e. The summed E-state index contributed by atoms with van der Waals surface area (Å²) < 4.78 is 0. The molecule has 0 bridgehead atoms. The molecule has 186 valence electrons. The molecule has 10 heteroatoms. The summed E-state index contributed by atoms with van der Waals surface area (Å²) in [5, 5.41) is 21.3. The molecule has 0 aromatic heterocycles. The summed E-state index contributed by atoms with van der Waals surface area (Å²) in [7, 11) is 0. The average Bonchev–Trinajstić information content (AvgIpc) is 3.29. The number of hydrogen-bond donors (Lipinski definition) is 5. The summed E-state index contributed by atoms with van der Waals surface area (Å²) in [5.74, 6) is -1.37. The van der Waals surface area contributed by atoms with E-state index >= 15 is 0 Å². The van der Waals surface area contributed by atoms with Crippen molar-refractivity contribution < 1.29 is 19.5 Å². The monoisotopic (exact) mass is 499 g/mol. The zero-order valence-corrected chi connectivity index (χ0v) is 20.7. The lowest BCUT2D eigenvalue weighted by Gasteiger charge is -2.23. The van der Waals surface area contributed by atoms with Gasteiger partial charge in [0, 0.05) is 22.8 Å². The third kappa shape index (κ3) is 7.71. The van der Waals surface area contributed by atoms with Gasteiger partial charge in [0.1, 0.15) is 0 Å². The highest BCUT2D eigenvalue weighted by molar-refractivity contribution is 6.30. The Morgan fingerprint density at radius 2 is 1.94 bits per heavy atom. The lowest BCUT2D eigenvalue weighted by Crippen LogP contribution is -2.39. The van der Waals surface area contributed by atoms with E-state index in [0.717, 1.165) is 12.1 Å². The quantitative estimate of drug-likeness (QED) is 0.379. The number of rotatable bonds is 8. The van der Waals surface area contributed by atoms with Crippen LogP contribution in [0.1, 0.15) is 54.7 Å². The van der Waals surface area contributed by atoms with Crippen molar-refractivity contribution in [3.63, 3.8) is 0 Å². The highest BCUT2D eigenvalue weighted by Crippen LogP contribution is 2.30. The van der Waals surface area contributed by atoms with Crippen molar-refractivity contribution in [1.82, 2.24) is 16.0 Å². The summed E-state index contributed by atoms with van der Waals surface area (Å²) in [6.45, 7) is 7.19. The first-order chi connectivity index (χ1) is 16.5. The molecule has 1 aliphatic heterocycles. The van der Waals surface area contributed by atoms with E-state index in [-0.39, 0.29) is 18.4 Å². The van der Waals surface area contributed by atoms with E-state index < -0.39 is 23.8 Å². The SMILES string of the molecule is CC(C)(C)c1cc(Cl)cc(C(CC(=O)O)NC(=O)CNC(=O)c2cccc(NC3=NCCN3)c2)c1. The van der Waals surface area contributed by atoms with E-state index in [1.807, 2.05) is 32.9 Å². The van der Waals surface area contributed by atoms with Gasteiger partial charge in [-0.3, -0.25) is 19.4 Å². The third-order valence-corrected chi connectivity index (χ3v) is 5.59. The number of carbonyl (C=O) groups excluding carboxylic acids is 2. The van der Waals surface area contributed by atoms with Gasteiger partial charge in [0.2, 0.25) is 5.91 Å². The van der Waals surface area contributed by atoms with Crippen LogP contribution in [0, 0.1) is 0 Å². The minimum Gasteiger partial charge on any atom is -0.481 e. The maximum atomic E-state index is 12.6. The van der Waals surface area contributed by atoms with E-state index in [2.05, 4.69) is 26.3 Å². The number of nitrogens with one attached hydrogen (secondary N) is 4. The van der Waals surface area contributed by atoms with E-state index in [0.29, 0.717) is 34.3 Å². The van der Waals surface area contributed by atoms with E-state index in [9.17, 15) is 19.5 Å². The van der Waals surface area contributed by atoms with Gasteiger partial charge in [-0.1, -0.05) is 44.5 Å². The molecule has 35 heavy (non-hydrogen) atoms. The lowest BCUT2D eigenvalue weighted by molar-refractivity contribution is -0.137. The Labute approximate surface area is 209 Å². The number of guanidine groups is 1. The predicted octanol–water partition coefficient (Wildman–Crippen LogP) is 3.07. The first kappa shape index (κ1) is 26.0. The number of amides is 2. The average molecular weight is 500 g/mol. The van der Waals surface area contributed by atoms with Crippen molar-refractivity contribution in [2.45, 2.75) is 38.6 Å². The molecule has 0 saturated heterocycles. The van der Waals surface area contributed by atoms with Crippen LogP contribution in [-0.4, -0.2) is 48.5 Å². The van der Waals surface area contributed by atoms with Gasteiger partial charge < -0.3 is 26.4 Å². The molecular formula is C25H30ClN5O4. The molecule has 0 saturated carbocycles. The molecule has 0 spiro atoms. The van der Waals surface area contributed by atoms with Gasteiger partial charge in [-0.15, -0.1) is 0 Å². The Balaban J connectivity index is 1.65. The molecule has 2 aromatic rings. The fourth-order valence-corrected chi connectivity index (χ4v) is 3.78. The number of carbonyl (C=O) groups is 3. The van der Waals surface area contributed by atoms with Crippen molar-refractivity contribution in [3.8, 4) is 0 Å². The van der Waals surface area contributed by atoms with Crippen molar-refractivity contribution in [2.24, 2.45) is 4.99 Å². The lowest BCUT2D eigenvalue weighted by atomic mass is 9.85. The number of hydrogen-bond acceptors (Lipinski definition) is 6. The smallest absolute Gasteiger partial charge is 0.305 e. The number of aliphatic carboxylic acids is 1. The summed E-state index contributed by atoms with van der Waals surface area (Å²) in [6.07, 6.45) is -0.324. The van der Waals surface area contributed by atoms with Crippen LogP contribution in [0.25, 0.3) is 0 Å². The molecule has 9 nitrogen and oxygen atoms in total. The zero-order valence-electron chi connectivity index (χ0n) is 19.9. The minimum absolute atomic E-state index is 0.213. The fourth-order valence-electron chi connectivity index (χ4n) is 3.54. The fraction of sp³-hybridized carbons (Fsp3) is 0.360. The van der Waals surface area contributed by atoms with Crippen LogP contribution in [0.3, 0.4) is 0 Å². The second-order valence-corrected chi connectivity index (χ2v) is 9.72. The number of aliphatic imine (C=N–C) groups is 1. The van der Waals surface area contributed by atoms with Crippen LogP contribution in [0.4, 0.5) is 5.69 Å². The third-order valence-electron chi connectivity index (χ3n) is 5.37. The molecule has 3 rings (SSSR count). The topological polar surface area (TPSA) is 132 Å². The van der Waals surface area contributed by atoms with Crippen LogP contribution in [-0.2, 0) is 15.0 Å². The van der Waals surface area contributed by atoms with E-state index in [1.54, 1.807) is 30.3 Å². The number of nitrogens with zero attached hydrogens (tertiary/aromatic N) is 1. The van der Waals surface area contributed by atoms with Crippen molar-refractivity contribution >= 4 is 41.0 Å². The van der Waals surface area contributed by atoms with Gasteiger partial charge in [-0.05, 0) is 46.9 Å². The molecule has 5 N–H and O–H groups in total. The Kier molecular flexibility index (Phi) is 8.34. The molecule has 2 amide bonds. The number of halogens is 1. The second-order valence-electron chi connectivity index (χ2n) is 9.29. The number of anilines is 1. The van der Waals surface area contributed by atoms with E-state index in [4.69, 9.17) is 11.6 Å². The van der Waals surface area contributed by atoms with Gasteiger partial charge in [-0.25, -0.2) is 0 Å². The highest BCUT2D eigenvalue weighted by atomic mass is 35.5. The molecule has 2 aromatic carbocycles. The number of carboxylic acid groups (broad SMARTS) is 1. The molecule has 1 aliphatic rings. The molecule has 0 fully saturated rings. The van der Waals surface area contributed by atoms with Gasteiger partial charge in [0.15, 0.2) is 5.96 Å². The Morgan fingerprint density at radius 3 is 2.60 bits per heavy atom. The molecule has 1 heterocycles. The van der Waals surface area contributed by atoms with Crippen LogP contribution in [0.15, 0.2) is 47.5 Å². The first-order valence-electron chi connectivity index (χ1n) is 11.3. The summed E-state index contributed by atoms with van der Waals surface area (Å²) in [4.78, 5) is 40.9. The van der Waals surface area contributed by atoms with Gasteiger partial charge in [0.25, 0.3) is 5.91 Å². The van der Waals surface area contributed by atoms with Crippen LogP contribution < -0.4 is 21.3 Å². The molecule has 1 unspecified atom stereocenters.